The highest BCUT2D eigenvalue weighted by molar-refractivity contribution is 6.35. The number of rotatable bonds is 2. The van der Waals surface area contributed by atoms with Crippen molar-refractivity contribution in [3.63, 3.8) is 0 Å². The summed E-state index contributed by atoms with van der Waals surface area (Å²) in [7, 11) is 0. The van der Waals surface area contributed by atoms with Gasteiger partial charge in [0.25, 0.3) is 0 Å². The van der Waals surface area contributed by atoms with Gasteiger partial charge >= 0.3 is 0 Å². The Kier molecular flexibility index (Phi) is 3.83. The van der Waals surface area contributed by atoms with Crippen LogP contribution < -0.4 is 0 Å². The molecule has 0 unspecified atom stereocenters. The van der Waals surface area contributed by atoms with Crippen LogP contribution in [0.25, 0.3) is 22.3 Å². The van der Waals surface area contributed by atoms with Crippen LogP contribution in [-0.2, 0) is 6.42 Å². The van der Waals surface area contributed by atoms with E-state index < -0.39 is 0 Å². The van der Waals surface area contributed by atoms with Gasteiger partial charge in [-0.05, 0) is 36.6 Å². The van der Waals surface area contributed by atoms with Gasteiger partial charge in [-0.25, -0.2) is 9.97 Å². The van der Waals surface area contributed by atoms with E-state index in [4.69, 9.17) is 28.2 Å². The van der Waals surface area contributed by atoms with E-state index in [1.54, 1.807) is 0 Å². The van der Waals surface area contributed by atoms with Crippen molar-refractivity contribution < 1.29 is 0 Å². The molecular formula is C17H14Cl2N2. The van der Waals surface area contributed by atoms with E-state index in [9.17, 15) is 0 Å². The molecule has 0 radical (unpaired) electrons. The lowest BCUT2D eigenvalue weighted by atomic mass is 10.0. The highest BCUT2D eigenvalue weighted by Crippen LogP contribution is 2.31. The quantitative estimate of drug-likeness (QED) is 0.585. The first-order chi connectivity index (χ1) is 10.1. The molecule has 4 heteroatoms. The first-order valence-corrected chi connectivity index (χ1v) is 7.58. The maximum absolute atomic E-state index is 6.34. The van der Waals surface area contributed by atoms with Crippen molar-refractivity contribution >= 4 is 34.1 Å². The molecule has 2 nitrogen and oxygen atoms in total. The van der Waals surface area contributed by atoms with E-state index >= 15 is 0 Å². The largest absolute Gasteiger partial charge is 0.228 e. The molecule has 0 aliphatic heterocycles. The molecule has 1 aromatic heterocycles. The van der Waals surface area contributed by atoms with E-state index in [0.717, 1.165) is 28.5 Å². The third kappa shape index (κ3) is 2.50. The summed E-state index contributed by atoms with van der Waals surface area (Å²) in [6, 6.07) is 11.8. The lowest BCUT2D eigenvalue weighted by Gasteiger charge is -2.10. The number of nitrogens with zero attached hydrogens (tertiary/aromatic N) is 2. The molecule has 2 aromatic carbocycles. The summed E-state index contributed by atoms with van der Waals surface area (Å²) in [6.07, 6.45) is 0.920. The van der Waals surface area contributed by atoms with Gasteiger partial charge in [0, 0.05) is 16.0 Å². The van der Waals surface area contributed by atoms with Gasteiger partial charge in [0.1, 0.15) is 5.15 Å². The SMILES string of the molecule is CCc1ccccc1-c1nc(Cl)c2ccc(Cl)c(C)c2n1. The van der Waals surface area contributed by atoms with Crippen molar-refractivity contribution in [2.24, 2.45) is 0 Å². The summed E-state index contributed by atoms with van der Waals surface area (Å²) in [5.74, 6) is 0.648. The third-order valence-electron chi connectivity index (χ3n) is 3.65. The number of benzene rings is 2. The molecule has 0 saturated carbocycles. The Morgan fingerprint density at radius 1 is 1.00 bits per heavy atom. The summed E-state index contributed by atoms with van der Waals surface area (Å²) in [5, 5.41) is 1.98. The second-order valence-electron chi connectivity index (χ2n) is 4.92. The summed E-state index contributed by atoms with van der Waals surface area (Å²) in [6.45, 7) is 4.06. The minimum Gasteiger partial charge on any atom is -0.228 e. The normalized spacial score (nSPS) is 11.0. The van der Waals surface area contributed by atoms with Crippen LogP contribution in [-0.4, -0.2) is 9.97 Å². The number of hydrogen-bond acceptors (Lipinski definition) is 2. The number of halogens is 2. The van der Waals surface area contributed by atoms with Gasteiger partial charge in [-0.2, -0.15) is 0 Å². The molecule has 21 heavy (non-hydrogen) atoms. The van der Waals surface area contributed by atoms with Crippen LogP contribution in [0.15, 0.2) is 36.4 Å². The molecule has 0 atom stereocenters. The minimum atomic E-state index is 0.459. The van der Waals surface area contributed by atoms with Gasteiger partial charge in [0.05, 0.1) is 5.52 Å². The van der Waals surface area contributed by atoms with Gasteiger partial charge in [0.15, 0.2) is 5.82 Å². The zero-order chi connectivity index (χ0) is 15.0. The standard InChI is InChI=1S/C17H14Cl2N2/c1-3-11-6-4-5-7-12(11)17-20-15-10(2)14(18)9-8-13(15)16(19)21-17/h4-9H,3H2,1-2H3. The molecule has 0 aliphatic carbocycles. The van der Waals surface area contributed by atoms with Crippen LogP contribution in [0.3, 0.4) is 0 Å². The Hall–Kier alpha value is -1.64. The first kappa shape index (κ1) is 14.3. The molecule has 3 rings (SSSR count). The topological polar surface area (TPSA) is 25.8 Å². The first-order valence-electron chi connectivity index (χ1n) is 6.82. The lowest BCUT2D eigenvalue weighted by molar-refractivity contribution is 1.12. The molecule has 0 amide bonds. The average Bonchev–Trinajstić information content (AvgIpc) is 2.51. The van der Waals surface area contributed by atoms with E-state index in [1.807, 2.05) is 37.3 Å². The Balaban J connectivity index is 2.32. The highest BCUT2D eigenvalue weighted by Gasteiger charge is 2.13. The average molecular weight is 317 g/mol. The number of aryl methyl sites for hydroxylation is 2. The summed E-state index contributed by atoms with van der Waals surface area (Å²) < 4.78 is 0. The van der Waals surface area contributed by atoms with Crippen LogP contribution in [0.2, 0.25) is 10.2 Å². The lowest BCUT2D eigenvalue weighted by Crippen LogP contribution is -1.96. The maximum Gasteiger partial charge on any atom is 0.161 e. The summed E-state index contributed by atoms with van der Waals surface area (Å²) >= 11 is 12.5. The Morgan fingerprint density at radius 2 is 1.76 bits per heavy atom. The molecule has 0 aliphatic rings. The fourth-order valence-corrected chi connectivity index (χ4v) is 2.82. The zero-order valence-corrected chi connectivity index (χ0v) is 13.3. The smallest absolute Gasteiger partial charge is 0.161 e. The van der Waals surface area contributed by atoms with E-state index in [1.165, 1.54) is 5.56 Å². The molecule has 1 heterocycles. The molecule has 0 bridgehead atoms. The van der Waals surface area contributed by atoms with Gasteiger partial charge < -0.3 is 0 Å². The van der Waals surface area contributed by atoms with Crippen molar-refractivity contribution in [3.05, 3.63) is 57.7 Å². The van der Waals surface area contributed by atoms with Gasteiger partial charge in [-0.1, -0.05) is 54.4 Å². The monoisotopic (exact) mass is 316 g/mol. The molecule has 106 valence electrons. The predicted octanol–water partition coefficient (Wildman–Crippen LogP) is 5.47. The molecule has 0 saturated heterocycles. The van der Waals surface area contributed by atoms with Gasteiger partial charge in [0.2, 0.25) is 0 Å². The zero-order valence-electron chi connectivity index (χ0n) is 11.8. The highest BCUT2D eigenvalue weighted by atomic mass is 35.5. The van der Waals surface area contributed by atoms with Gasteiger partial charge in [-0.15, -0.1) is 0 Å². The van der Waals surface area contributed by atoms with Crippen LogP contribution in [0.5, 0.6) is 0 Å². The summed E-state index contributed by atoms with van der Waals surface area (Å²) in [5.41, 5.74) is 3.95. The number of aromatic nitrogens is 2. The van der Waals surface area contributed by atoms with Crippen molar-refractivity contribution in [2.45, 2.75) is 20.3 Å². The van der Waals surface area contributed by atoms with E-state index in [0.29, 0.717) is 16.0 Å². The number of fused-ring (bicyclic) bond motifs is 1. The van der Waals surface area contributed by atoms with Gasteiger partial charge in [-0.3, -0.25) is 0 Å². The van der Waals surface area contributed by atoms with Crippen LogP contribution in [0.1, 0.15) is 18.1 Å². The Morgan fingerprint density at radius 3 is 2.52 bits per heavy atom. The Bertz CT molecular complexity index is 828. The predicted molar refractivity (Wildman–Crippen MR) is 89.1 cm³/mol. The van der Waals surface area contributed by atoms with Crippen LogP contribution >= 0.6 is 23.2 Å². The van der Waals surface area contributed by atoms with E-state index in [-0.39, 0.29) is 0 Å². The second-order valence-corrected chi connectivity index (χ2v) is 5.68. The van der Waals surface area contributed by atoms with Crippen molar-refractivity contribution in [1.29, 1.82) is 0 Å². The maximum atomic E-state index is 6.34. The Labute approximate surface area is 133 Å². The van der Waals surface area contributed by atoms with Crippen molar-refractivity contribution in [2.75, 3.05) is 0 Å². The minimum absolute atomic E-state index is 0.459. The third-order valence-corrected chi connectivity index (χ3v) is 4.35. The molecule has 0 fully saturated rings. The molecule has 0 N–H and O–H groups in total. The summed E-state index contributed by atoms with van der Waals surface area (Å²) in [4.78, 5) is 9.16. The molecule has 0 spiro atoms. The number of hydrogen-bond donors (Lipinski definition) is 0. The molecular weight excluding hydrogens is 303 g/mol. The molecule has 3 aromatic rings. The van der Waals surface area contributed by atoms with Crippen molar-refractivity contribution in [3.8, 4) is 11.4 Å². The van der Waals surface area contributed by atoms with Crippen LogP contribution in [0, 0.1) is 6.92 Å². The fraction of sp³-hybridized carbons (Fsp3) is 0.176. The second kappa shape index (κ2) is 5.63. The fourth-order valence-electron chi connectivity index (χ4n) is 2.44. The van der Waals surface area contributed by atoms with E-state index in [2.05, 4.69) is 18.0 Å². The van der Waals surface area contributed by atoms with Crippen molar-refractivity contribution in [1.82, 2.24) is 9.97 Å². The van der Waals surface area contributed by atoms with Crippen LogP contribution in [0.4, 0.5) is 0 Å².